The molecule has 3 aromatic heterocycles. The maximum atomic E-state index is 12.5. The van der Waals surface area contributed by atoms with Crippen molar-refractivity contribution in [1.29, 1.82) is 0 Å². The van der Waals surface area contributed by atoms with Gasteiger partial charge in [0.05, 0.1) is 35.9 Å². The van der Waals surface area contributed by atoms with Crippen LogP contribution in [0, 0.1) is 6.92 Å². The Morgan fingerprint density at radius 1 is 1.16 bits per heavy atom. The largest absolute Gasteiger partial charge is 0.434 e. The van der Waals surface area contributed by atoms with Gasteiger partial charge in [0.15, 0.2) is 5.69 Å². The van der Waals surface area contributed by atoms with Gasteiger partial charge in [0.1, 0.15) is 10.8 Å². The van der Waals surface area contributed by atoms with Crippen molar-refractivity contribution < 1.29 is 26.7 Å². The third kappa shape index (κ3) is 8.56. The van der Waals surface area contributed by atoms with Gasteiger partial charge < -0.3 is 15.6 Å². The summed E-state index contributed by atoms with van der Waals surface area (Å²) in [6.07, 6.45) is -0.507. The molecule has 4 heterocycles. The molecule has 1 fully saturated rings. The molecule has 1 aliphatic heterocycles. The zero-order chi connectivity index (χ0) is 27.0. The summed E-state index contributed by atoms with van der Waals surface area (Å²) in [4.78, 5) is 34.8. The summed E-state index contributed by atoms with van der Waals surface area (Å²) in [6.45, 7) is 3.32. The number of carbonyl (C=O) groups is 1. The number of hydrogen-bond acceptors (Lipinski definition) is 8. The van der Waals surface area contributed by atoms with Gasteiger partial charge in [-0.15, -0.1) is 0 Å². The van der Waals surface area contributed by atoms with E-state index in [1.54, 1.807) is 6.92 Å². The van der Waals surface area contributed by atoms with Gasteiger partial charge in [-0.1, -0.05) is 6.42 Å². The van der Waals surface area contributed by atoms with Gasteiger partial charge >= 0.3 is 6.18 Å². The highest BCUT2D eigenvalue weighted by atomic mass is 32.1. The molecule has 3 N–H and O–H groups in total. The van der Waals surface area contributed by atoms with Crippen LogP contribution in [-0.4, -0.2) is 56.2 Å². The number of piperidine rings is 1. The van der Waals surface area contributed by atoms with Gasteiger partial charge in [-0.3, -0.25) is 14.5 Å². The molecule has 37 heavy (non-hydrogen) atoms. The lowest BCUT2D eigenvalue weighted by Gasteiger charge is -2.25. The van der Waals surface area contributed by atoms with E-state index in [0.717, 1.165) is 43.7 Å². The molecule has 0 aliphatic carbocycles. The number of hydrogen-bond donors (Lipinski definition) is 3. The summed E-state index contributed by atoms with van der Waals surface area (Å²) in [7, 11) is 0. The lowest BCUT2D eigenvalue weighted by atomic mass is 10.1. The Labute approximate surface area is 212 Å². The van der Waals surface area contributed by atoms with Crippen molar-refractivity contribution in [3.05, 3.63) is 58.0 Å². The predicted octanol–water partition coefficient (Wildman–Crippen LogP) is 4.68. The third-order valence-electron chi connectivity index (χ3n) is 5.16. The average Bonchev–Trinajstić information content (AvgIpc) is 3.21. The fourth-order valence-corrected chi connectivity index (χ4v) is 4.20. The van der Waals surface area contributed by atoms with Gasteiger partial charge in [-0.25, -0.2) is 18.7 Å². The van der Waals surface area contributed by atoms with E-state index in [1.807, 2.05) is 4.90 Å². The highest BCUT2D eigenvalue weighted by Gasteiger charge is 2.32. The van der Waals surface area contributed by atoms with Crippen LogP contribution in [0.15, 0.2) is 35.5 Å². The first kappa shape index (κ1) is 28.1. The summed E-state index contributed by atoms with van der Waals surface area (Å²) in [5, 5.41) is 5.64. The first-order chi connectivity index (χ1) is 17.5. The molecule has 1 aliphatic rings. The average molecular weight is 546 g/mol. The number of halogens is 5. The zero-order valence-corrected chi connectivity index (χ0v) is 20.4. The number of nitrogens with zero attached hydrogens (tertiary/aromatic N) is 4. The number of pyridine rings is 1. The fraction of sp³-hybridized carbons (Fsp3) is 0.409. The second kappa shape index (κ2) is 12.7. The maximum Gasteiger partial charge on any atom is 0.434 e. The first-order valence-corrected chi connectivity index (χ1v) is 11.9. The Hall–Kier alpha value is -3.46. The van der Waals surface area contributed by atoms with Gasteiger partial charge in [-0.2, -0.15) is 17.5 Å². The molecule has 200 valence electrons. The topological polar surface area (TPSA) is 116 Å². The number of aromatic amines is 1. The molecule has 0 spiro atoms. The van der Waals surface area contributed by atoms with Crippen LogP contribution in [0.5, 0.6) is 0 Å². The van der Waals surface area contributed by atoms with Crippen molar-refractivity contribution in [2.45, 2.75) is 38.8 Å². The predicted molar refractivity (Wildman–Crippen MR) is 128 cm³/mol. The molecule has 4 rings (SSSR count). The van der Waals surface area contributed by atoms with Gasteiger partial charge in [0.2, 0.25) is 5.56 Å². The number of aromatic nitrogens is 4. The van der Waals surface area contributed by atoms with Crippen molar-refractivity contribution in [3.8, 4) is 0 Å². The molecule has 1 saturated heterocycles. The van der Waals surface area contributed by atoms with Crippen LogP contribution in [0.3, 0.4) is 0 Å². The number of rotatable bonds is 6. The van der Waals surface area contributed by atoms with Crippen LogP contribution in [0.2, 0.25) is 0 Å². The molecule has 0 atom stereocenters. The van der Waals surface area contributed by atoms with Crippen LogP contribution in [0.4, 0.5) is 38.5 Å². The molecule has 0 aromatic carbocycles. The second-order valence-corrected chi connectivity index (χ2v) is 8.80. The number of nitrogens with one attached hydrogen (secondary N) is 3. The number of alkyl halides is 5. The zero-order valence-electron chi connectivity index (χ0n) is 19.6. The molecule has 3 aromatic rings. The minimum absolute atomic E-state index is 0.0278. The molecular weight excluding hydrogens is 521 g/mol. The van der Waals surface area contributed by atoms with Gasteiger partial charge in [0.25, 0.3) is 12.3 Å². The Morgan fingerprint density at radius 2 is 1.89 bits per heavy atom. The van der Waals surface area contributed by atoms with E-state index in [1.165, 1.54) is 24.8 Å². The number of carbonyl (C=O) groups excluding carboxylic acids is 1. The molecular formula is C22H24F5N7O2S. The lowest BCUT2D eigenvalue weighted by Crippen LogP contribution is -2.33. The van der Waals surface area contributed by atoms with Gasteiger partial charge in [0, 0.05) is 12.3 Å². The van der Waals surface area contributed by atoms with E-state index < -0.39 is 24.2 Å². The van der Waals surface area contributed by atoms with Crippen LogP contribution in [0.1, 0.15) is 41.0 Å². The van der Waals surface area contributed by atoms with Crippen LogP contribution < -0.4 is 16.2 Å². The molecule has 0 saturated carbocycles. The number of anilines is 3. The Kier molecular flexibility index (Phi) is 9.63. The molecule has 0 bridgehead atoms. The van der Waals surface area contributed by atoms with Crippen LogP contribution in [-0.2, 0) is 6.18 Å². The Balaban J connectivity index is 0.000000319. The Bertz CT molecular complexity index is 1200. The molecule has 9 nitrogen and oxygen atoms in total. The number of aryl methyl sites for hydroxylation is 1. The van der Waals surface area contributed by atoms with Gasteiger partial charge in [-0.05, 0) is 50.5 Å². The number of amides is 1. The first-order valence-electron chi connectivity index (χ1n) is 11.2. The molecule has 0 unspecified atom stereocenters. The van der Waals surface area contributed by atoms with E-state index in [0.29, 0.717) is 22.6 Å². The minimum atomic E-state index is -4.59. The minimum Gasteiger partial charge on any atom is -0.329 e. The SMILES string of the molecule is Cc1nsc(Nc2cnc(C(F)(F)F)cn2)c1C(=O)Nc1ccc(=O)[nH]c1.FC(F)CN1CCCCC1. The van der Waals surface area contributed by atoms with E-state index >= 15 is 0 Å². The normalized spacial score (nSPS) is 14.1. The van der Waals surface area contributed by atoms with E-state index in [2.05, 4.69) is 30.0 Å². The highest BCUT2D eigenvalue weighted by molar-refractivity contribution is 7.10. The van der Waals surface area contributed by atoms with Crippen molar-refractivity contribution in [3.63, 3.8) is 0 Å². The summed E-state index contributed by atoms with van der Waals surface area (Å²) in [6, 6.07) is 2.69. The number of H-pyrrole nitrogens is 1. The Morgan fingerprint density at radius 3 is 2.46 bits per heavy atom. The highest BCUT2D eigenvalue weighted by Crippen LogP contribution is 2.30. The van der Waals surface area contributed by atoms with E-state index in [4.69, 9.17) is 0 Å². The molecule has 1 amide bonds. The quantitative estimate of drug-likeness (QED) is 0.385. The van der Waals surface area contributed by atoms with Crippen LogP contribution in [0.25, 0.3) is 0 Å². The van der Waals surface area contributed by atoms with Crippen LogP contribution >= 0.6 is 11.5 Å². The van der Waals surface area contributed by atoms with Crippen molar-refractivity contribution in [2.75, 3.05) is 30.3 Å². The summed E-state index contributed by atoms with van der Waals surface area (Å²) in [5.41, 5.74) is -0.447. The lowest BCUT2D eigenvalue weighted by molar-refractivity contribution is -0.141. The summed E-state index contributed by atoms with van der Waals surface area (Å²) >= 11 is 0.952. The van der Waals surface area contributed by atoms with E-state index in [9.17, 15) is 31.5 Å². The summed E-state index contributed by atoms with van der Waals surface area (Å²) < 4.78 is 65.3. The molecule has 15 heteroatoms. The monoisotopic (exact) mass is 545 g/mol. The number of likely N-dealkylation sites (tertiary alicyclic amines) is 1. The molecule has 0 radical (unpaired) electrons. The third-order valence-corrected chi connectivity index (χ3v) is 6.01. The van der Waals surface area contributed by atoms with Crippen molar-refractivity contribution >= 4 is 33.9 Å². The van der Waals surface area contributed by atoms with Crippen molar-refractivity contribution in [2.24, 2.45) is 0 Å². The second-order valence-electron chi connectivity index (χ2n) is 8.03. The smallest absolute Gasteiger partial charge is 0.329 e. The standard InChI is InChI=1S/C15H11F3N6O2S.C7H13F2N/c1-7-12(13(26)22-8-2-3-11(25)21-4-8)14(27-24-7)23-10-6-19-9(5-20-10)15(16,17)18;8-7(9)6-10-4-2-1-3-5-10/h2-6H,1H3,(H,20,23)(H,21,25)(H,22,26);7H,1-6H2. The summed E-state index contributed by atoms with van der Waals surface area (Å²) in [5.74, 6) is -0.472. The van der Waals surface area contributed by atoms with Crippen molar-refractivity contribution in [1.82, 2.24) is 24.2 Å². The maximum absolute atomic E-state index is 12.5. The van der Waals surface area contributed by atoms with E-state index in [-0.39, 0.29) is 23.5 Å². The fourth-order valence-electron chi connectivity index (χ4n) is 3.40.